The summed E-state index contributed by atoms with van der Waals surface area (Å²) < 4.78 is 6.21. The quantitative estimate of drug-likeness (QED) is 0.573. The molecule has 2 fully saturated rings. The van der Waals surface area contributed by atoms with Crippen molar-refractivity contribution in [3.63, 3.8) is 0 Å². The minimum Gasteiger partial charge on any atom is -0.462 e. The topological polar surface area (TPSA) is 85.4 Å². The summed E-state index contributed by atoms with van der Waals surface area (Å²) in [6.45, 7) is 7.09. The summed E-state index contributed by atoms with van der Waals surface area (Å²) in [4.78, 5) is 16.9. The molecule has 5 heterocycles. The molecular formula is C24H31ClN8O. The summed E-state index contributed by atoms with van der Waals surface area (Å²) in [5, 5.41) is 12.5. The number of likely N-dealkylation sites (tertiary alicyclic amines) is 1. The molecule has 0 saturated carbocycles. The summed E-state index contributed by atoms with van der Waals surface area (Å²) in [6, 6.07) is 4.83. The van der Waals surface area contributed by atoms with Crippen LogP contribution in [0.25, 0.3) is 10.9 Å². The van der Waals surface area contributed by atoms with Gasteiger partial charge >= 0.3 is 6.01 Å². The first kappa shape index (κ1) is 21.9. The number of anilines is 2. The van der Waals surface area contributed by atoms with E-state index in [1.165, 1.54) is 12.0 Å². The summed E-state index contributed by atoms with van der Waals surface area (Å²) in [5.74, 6) is 1.04. The lowest BCUT2D eigenvalue weighted by Crippen LogP contribution is -2.45. The van der Waals surface area contributed by atoms with E-state index in [2.05, 4.69) is 37.3 Å². The van der Waals surface area contributed by atoms with Crippen LogP contribution in [0.3, 0.4) is 0 Å². The van der Waals surface area contributed by atoms with Crippen LogP contribution in [-0.2, 0) is 13.0 Å². The molecule has 0 unspecified atom stereocenters. The molecule has 0 spiro atoms. The Morgan fingerprint density at radius 3 is 2.82 bits per heavy atom. The van der Waals surface area contributed by atoms with Crippen LogP contribution in [0.15, 0.2) is 18.3 Å². The number of likely N-dealkylation sites (N-methyl/N-ethyl adjacent to an activating group) is 1. The van der Waals surface area contributed by atoms with Gasteiger partial charge in [0.05, 0.1) is 34.7 Å². The number of hydrogen-bond donors (Lipinski definition) is 2. The number of benzene rings is 1. The minimum atomic E-state index is 0.427. The first-order valence-electron chi connectivity index (χ1n) is 12.2. The second-order valence-electron chi connectivity index (χ2n) is 9.48. The maximum absolute atomic E-state index is 6.68. The Balaban J connectivity index is 1.33. The number of fused-ring (bicyclic) bond motifs is 2. The van der Waals surface area contributed by atoms with E-state index >= 15 is 0 Å². The molecule has 1 atom stereocenters. The predicted molar refractivity (Wildman–Crippen MR) is 134 cm³/mol. The fourth-order valence-corrected chi connectivity index (χ4v) is 5.72. The maximum Gasteiger partial charge on any atom is 0.318 e. The Bertz CT molecular complexity index is 1180. The van der Waals surface area contributed by atoms with Crippen LogP contribution in [0, 0.1) is 0 Å². The largest absolute Gasteiger partial charge is 0.462 e. The van der Waals surface area contributed by atoms with Crippen LogP contribution in [-0.4, -0.2) is 84.0 Å². The number of H-pyrrole nitrogens is 1. The third kappa shape index (κ3) is 4.06. The first-order valence-corrected chi connectivity index (χ1v) is 12.6. The van der Waals surface area contributed by atoms with Gasteiger partial charge in [-0.3, -0.25) is 5.10 Å². The number of aromatic amines is 1. The number of aromatic nitrogens is 4. The molecule has 0 bridgehead atoms. The lowest BCUT2D eigenvalue weighted by atomic mass is 10.0. The number of ether oxygens (including phenoxy) is 1. The maximum atomic E-state index is 6.68. The molecule has 0 radical (unpaired) electrons. The second-order valence-corrected chi connectivity index (χ2v) is 9.89. The third-order valence-corrected chi connectivity index (χ3v) is 7.68. The lowest BCUT2D eigenvalue weighted by Gasteiger charge is -2.35. The van der Waals surface area contributed by atoms with Gasteiger partial charge in [-0.05, 0) is 45.0 Å². The Kier molecular flexibility index (Phi) is 5.92. The van der Waals surface area contributed by atoms with E-state index in [4.69, 9.17) is 26.3 Å². The van der Waals surface area contributed by atoms with Crippen LogP contribution in [0.1, 0.15) is 24.1 Å². The molecule has 3 aromatic rings. The van der Waals surface area contributed by atoms with Crippen LogP contribution in [0.5, 0.6) is 6.01 Å². The van der Waals surface area contributed by atoms with Crippen molar-refractivity contribution >= 4 is 34.0 Å². The Morgan fingerprint density at radius 1 is 1.12 bits per heavy atom. The molecule has 0 amide bonds. The SMILES string of the molecule is CN1CCC[C@H]1COc1nc2c(c(N3CCNCC3)n1)CCN(c1c(Cl)ccc3[nH]ncc13)C2. The van der Waals surface area contributed by atoms with Gasteiger partial charge in [-0.15, -0.1) is 0 Å². The number of hydrogen-bond acceptors (Lipinski definition) is 8. The van der Waals surface area contributed by atoms with Gasteiger partial charge in [0.2, 0.25) is 0 Å². The van der Waals surface area contributed by atoms with Crippen molar-refractivity contribution in [2.75, 3.05) is 62.7 Å². The molecule has 10 heteroatoms. The number of piperazine rings is 1. The van der Waals surface area contributed by atoms with Gasteiger partial charge in [0, 0.05) is 49.7 Å². The third-order valence-electron chi connectivity index (χ3n) is 7.38. The van der Waals surface area contributed by atoms with Gasteiger partial charge in [0.25, 0.3) is 0 Å². The molecule has 0 aliphatic carbocycles. The number of rotatable bonds is 5. The molecule has 6 rings (SSSR count). The monoisotopic (exact) mass is 482 g/mol. The van der Waals surface area contributed by atoms with E-state index in [1.54, 1.807) is 0 Å². The van der Waals surface area contributed by atoms with Crippen molar-refractivity contribution in [1.29, 1.82) is 0 Å². The molecule has 3 aliphatic rings. The summed E-state index contributed by atoms with van der Waals surface area (Å²) in [6.07, 6.45) is 5.10. The summed E-state index contributed by atoms with van der Waals surface area (Å²) >= 11 is 6.68. The van der Waals surface area contributed by atoms with Crippen molar-refractivity contribution in [1.82, 2.24) is 30.4 Å². The average Bonchev–Trinajstić information content (AvgIpc) is 3.51. The van der Waals surface area contributed by atoms with Crippen LogP contribution in [0.2, 0.25) is 5.02 Å². The molecule has 2 saturated heterocycles. The van der Waals surface area contributed by atoms with Crippen molar-refractivity contribution in [2.45, 2.75) is 31.8 Å². The zero-order chi connectivity index (χ0) is 23.1. The molecule has 9 nitrogen and oxygen atoms in total. The van der Waals surface area contributed by atoms with E-state index in [1.807, 2.05) is 18.3 Å². The lowest BCUT2D eigenvalue weighted by molar-refractivity contribution is 0.187. The van der Waals surface area contributed by atoms with E-state index in [-0.39, 0.29) is 0 Å². The fourth-order valence-electron chi connectivity index (χ4n) is 5.44. The standard InChI is InChI=1S/C24H31ClN8O/c1-31-9-2-3-16(31)15-34-24-28-21-14-33(22-18-13-27-30-20(18)5-4-19(22)25)10-6-17(21)23(29-24)32-11-7-26-8-12-32/h4-5,13,16,26H,2-3,6-12,14-15H2,1H3,(H,27,30)/t16-/m0/s1. The highest BCUT2D eigenvalue weighted by Crippen LogP contribution is 2.37. The first-order chi connectivity index (χ1) is 16.7. The van der Waals surface area contributed by atoms with Gasteiger partial charge in [0.15, 0.2) is 0 Å². The molecule has 2 N–H and O–H groups in total. The van der Waals surface area contributed by atoms with E-state index in [9.17, 15) is 0 Å². The summed E-state index contributed by atoms with van der Waals surface area (Å²) in [5.41, 5.74) is 4.26. The number of halogens is 1. The van der Waals surface area contributed by atoms with Crippen molar-refractivity contribution in [2.24, 2.45) is 0 Å². The highest BCUT2D eigenvalue weighted by Gasteiger charge is 2.29. The van der Waals surface area contributed by atoms with Crippen LogP contribution < -0.4 is 19.9 Å². The highest BCUT2D eigenvalue weighted by atomic mass is 35.5. The second kappa shape index (κ2) is 9.20. The van der Waals surface area contributed by atoms with Gasteiger partial charge in [-0.2, -0.15) is 15.1 Å². The molecule has 34 heavy (non-hydrogen) atoms. The molecule has 2 aromatic heterocycles. The van der Waals surface area contributed by atoms with E-state index in [0.29, 0.717) is 25.2 Å². The highest BCUT2D eigenvalue weighted by molar-refractivity contribution is 6.34. The number of nitrogens with zero attached hydrogens (tertiary/aromatic N) is 6. The van der Waals surface area contributed by atoms with Crippen LogP contribution >= 0.6 is 11.6 Å². The Labute approximate surface area is 204 Å². The van der Waals surface area contributed by atoms with Gasteiger partial charge in [0.1, 0.15) is 12.4 Å². The van der Waals surface area contributed by atoms with Crippen molar-refractivity contribution < 1.29 is 4.74 Å². The van der Waals surface area contributed by atoms with Gasteiger partial charge in [-0.1, -0.05) is 11.6 Å². The minimum absolute atomic E-state index is 0.427. The fraction of sp³-hybridized carbons (Fsp3) is 0.542. The molecule has 1 aromatic carbocycles. The molecular weight excluding hydrogens is 452 g/mol. The zero-order valence-electron chi connectivity index (χ0n) is 19.6. The van der Waals surface area contributed by atoms with E-state index < -0.39 is 0 Å². The predicted octanol–water partition coefficient (Wildman–Crippen LogP) is 2.45. The zero-order valence-corrected chi connectivity index (χ0v) is 20.3. The average molecular weight is 483 g/mol. The molecule has 180 valence electrons. The normalized spacial score (nSPS) is 21.3. The van der Waals surface area contributed by atoms with Crippen molar-refractivity contribution in [3.05, 3.63) is 34.6 Å². The smallest absolute Gasteiger partial charge is 0.318 e. The Hall–Kier alpha value is -2.62. The van der Waals surface area contributed by atoms with Gasteiger partial charge < -0.3 is 24.8 Å². The van der Waals surface area contributed by atoms with Gasteiger partial charge in [-0.25, -0.2) is 0 Å². The number of nitrogens with one attached hydrogen (secondary N) is 2. The summed E-state index contributed by atoms with van der Waals surface area (Å²) in [7, 11) is 2.17. The Morgan fingerprint density at radius 2 is 2.00 bits per heavy atom. The van der Waals surface area contributed by atoms with Crippen LogP contribution in [0.4, 0.5) is 11.5 Å². The van der Waals surface area contributed by atoms with Crippen molar-refractivity contribution in [3.8, 4) is 6.01 Å². The van der Waals surface area contributed by atoms with E-state index in [0.717, 1.165) is 85.2 Å². The molecule has 3 aliphatic heterocycles.